The molecule has 2 aliphatic rings. The third-order valence-corrected chi connectivity index (χ3v) is 6.87. The number of pyridine rings is 1. The first-order chi connectivity index (χ1) is 14.7. The predicted molar refractivity (Wildman–Crippen MR) is 123 cm³/mol. The van der Waals surface area contributed by atoms with Gasteiger partial charge in [0, 0.05) is 50.3 Å². The van der Waals surface area contributed by atoms with E-state index in [0.717, 1.165) is 86.0 Å². The van der Waals surface area contributed by atoms with Crippen LogP contribution in [-0.2, 0) is 4.74 Å². The molecule has 0 aliphatic carbocycles. The fourth-order valence-electron chi connectivity index (χ4n) is 3.98. The van der Waals surface area contributed by atoms with E-state index < -0.39 is 0 Å². The van der Waals surface area contributed by atoms with Crippen molar-refractivity contribution in [2.45, 2.75) is 13.8 Å². The zero-order valence-electron chi connectivity index (χ0n) is 17.4. The first-order valence-corrected chi connectivity index (χ1v) is 11.3. The Hall–Kier alpha value is -2.49. The molecule has 30 heavy (non-hydrogen) atoms. The highest BCUT2D eigenvalue weighted by Gasteiger charge is 2.21. The van der Waals surface area contributed by atoms with Crippen LogP contribution >= 0.6 is 11.3 Å². The van der Waals surface area contributed by atoms with Crippen LogP contribution < -0.4 is 20.4 Å². The van der Waals surface area contributed by atoms with Gasteiger partial charge in [0.2, 0.25) is 5.95 Å². The summed E-state index contributed by atoms with van der Waals surface area (Å²) in [7, 11) is 0. The van der Waals surface area contributed by atoms with Gasteiger partial charge in [0.25, 0.3) is 0 Å². The van der Waals surface area contributed by atoms with Gasteiger partial charge in [0.15, 0.2) is 5.82 Å². The number of fused-ring (bicyclic) bond motifs is 1. The summed E-state index contributed by atoms with van der Waals surface area (Å²) in [6.45, 7) is 11.2. The van der Waals surface area contributed by atoms with E-state index in [-0.39, 0.29) is 0 Å². The average Bonchev–Trinajstić information content (AvgIpc) is 3.09. The summed E-state index contributed by atoms with van der Waals surface area (Å²) in [5, 5.41) is 8.12. The highest BCUT2D eigenvalue weighted by atomic mass is 32.1. The largest absolute Gasteiger partial charge is 0.378 e. The Morgan fingerprint density at radius 3 is 2.67 bits per heavy atom. The molecule has 8 nitrogen and oxygen atoms in total. The second-order valence-corrected chi connectivity index (χ2v) is 8.87. The lowest BCUT2D eigenvalue weighted by Gasteiger charge is -2.30. The molecular formula is C21H27N7OS. The van der Waals surface area contributed by atoms with Gasteiger partial charge in [-0.2, -0.15) is 4.98 Å². The first kappa shape index (κ1) is 19.5. The number of ether oxygens (including phenoxy) is 1. The molecule has 158 valence electrons. The number of hydrogen-bond acceptors (Lipinski definition) is 9. The molecule has 5 rings (SSSR count). The zero-order valence-corrected chi connectivity index (χ0v) is 18.3. The fraction of sp³-hybridized carbons (Fsp3) is 0.476. The van der Waals surface area contributed by atoms with Crippen molar-refractivity contribution in [3.63, 3.8) is 0 Å². The molecule has 0 amide bonds. The molecule has 0 saturated carbocycles. The van der Waals surface area contributed by atoms with E-state index in [9.17, 15) is 0 Å². The number of piperazine rings is 1. The van der Waals surface area contributed by atoms with Crippen molar-refractivity contribution in [3.8, 4) is 0 Å². The summed E-state index contributed by atoms with van der Waals surface area (Å²) in [5.74, 6) is 2.60. The second-order valence-electron chi connectivity index (χ2n) is 7.67. The highest BCUT2D eigenvalue weighted by Crippen LogP contribution is 2.37. The number of thiophene rings is 1. The van der Waals surface area contributed by atoms with E-state index >= 15 is 0 Å². The maximum atomic E-state index is 5.52. The van der Waals surface area contributed by atoms with Crippen molar-refractivity contribution in [2.75, 3.05) is 67.6 Å². The van der Waals surface area contributed by atoms with E-state index in [2.05, 4.69) is 45.3 Å². The lowest BCUT2D eigenvalue weighted by atomic mass is 10.2. The number of morpholine rings is 1. The maximum absolute atomic E-state index is 5.52. The molecule has 2 fully saturated rings. The molecule has 0 spiro atoms. The second kappa shape index (κ2) is 8.33. The number of aryl methyl sites for hydroxylation is 2. The summed E-state index contributed by atoms with van der Waals surface area (Å²) in [6.07, 6.45) is 1.84. The minimum atomic E-state index is 0.726. The minimum Gasteiger partial charge on any atom is -0.378 e. The van der Waals surface area contributed by atoms with Gasteiger partial charge in [-0.05, 0) is 31.5 Å². The SMILES string of the molecule is Cc1sc2nc(N3CCNCC3)nc(Nc3cccnc3N3CCOCC3)c2c1C. The highest BCUT2D eigenvalue weighted by molar-refractivity contribution is 7.18. The van der Waals surface area contributed by atoms with Crippen molar-refractivity contribution in [3.05, 3.63) is 28.8 Å². The summed E-state index contributed by atoms with van der Waals surface area (Å²) in [4.78, 5) is 21.4. The molecule has 5 heterocycles. The summed E-state index contributed by atoms with van der Waals surface area (Å²) < 4.78 is 5.52. The summed E-state index contributed by atoms with van der Waals surface area (Å²) in [6, 6.07) is 4.04. The Morgan fingerprint density at radius 2 is 1.87 bits per heavy atom. The zero-order chi connectivity index (χ0) is 20.5. The van der Waals surface area contributed by atoms with Crippen LogP contribution in [0.5, 0.6) is 0 Å². The Labute approximate surface area is 180 Å². The Balaban J connectivity index is 1.57. The van der Waals surface area contributed by atoms with Crippen LogP contribution in [0.2, 0.25) is 0 Å². The average molecular weight is 426 g/mol. The number of hydrogen-bond donors (Lipinski definition) is 2. The molecule has 3 aromatic heterocycles. The molecule has 0 aromatic carbocycles. The molecule has 0 unspecified atom stereocenters. The van der Waals surface area contributed by atoms with Crippen LogP contribution in [0.1, 0.15) is 10.4 Å². The standard InChI is InChI=1S/C21H27N7OS/c1-14-15(2)30-20-17(14)18(25-21(26-20)28-8-6-22-7-9-28)24-16-4-3-5-23-19(16)27-10-12-29-13-11-27/h3-5,22H,6-13H2,1-2H3,(H,24,25,26). The lowest BCUT2D eigenvalue weighted by molar-refractivity contribution is 0.122. The van der Waals surface area contributed by atoms with Gasteiger partial charge in [0.05, 0.1) is 24.3 Å². The van der Waals surface area contributed by atoms with Crippen molar-refractivity contribution < 1.29 is 4.74 Å². The van der Waals surface area contributed by atoms with Gasteiger partial charge in [-0.3, -0.25) is 0 Å². The molecule has 2 N–H and O–H groups in total. The van der Waals surface area contributed by atoms with E-state index in [1.807, 2.05) is 12.3 Å². The Bertz CT molecular complexity index is 1040. The fourth-order valence-corrected chi connectivity index (χ4v) is 5.01. The molecule has 3 aromatic rings. The monoisotopic (exact) mass is 425 g/mol. The van der Waals surface area contributed by atoms with Crippen LogP contribution in [0.15, 0.2) is 18.3 Å². The van der Waals surface area contributed by atoms with Crippen LogP contribution in [0.4, 0.5) is 23.3 Å². The van der Waals surface area contributed by atoms with Gasteiger partial charge in [-0.1, -0.05) is 0 Å². The normalized spacial score (nSPS) is 17.5. The van der Waals surface area contributed by atoms with Crippen LogP contribution in [0.3, 0.4) is 0 Å². The number of anilines is 4. The van der Waals surface area contributed by atoms with E-state index in [0.29, 0.717) is 0 Å². The van der Waals surface area contributed by atoms with Crippen molar-refractivity contribution in [1.82, 2.24) is 20.3 Å². The lowest BCUT2D eigenvalue weighted by Crippen LogP contribution is -2.44. The molecular weight excluding hydrogens is 398 g/mol. The van der Waals surface area contributed by atoms with E-state index in [1.165, 1.54) is 10.4 Å². The molecule has 0 atom stereocenters. The quantitative estimate of drug-likeness (QED) is 0.661. The van der Waals surface area contributed by atoms with Gasteiger partial charge >= 0.3 is 0 Å². The molecule has 0 bridgehead atoms. The molecule has 2 saturated heterocycles. The van der Waals surface area contributed by atoms with Gasteiger partial charge in [-0.15, -0.1) is 11.3 Å². The third-order valence-electron chi connectivity index (χ3n) is 5.77. The topological polar surface area (TPSA) is 78.4 Å². The number of nitrogens with zero attached hydrogens (tertiary/aromatic N) is 5. The van der Waals surface area contributed by atoms with Crippen LogP contribution in [-0.4, -0.2) is 67.4 Å². The third kappa shape index (κ3) is 3.68. The van der Waals surface area contributed by atoms with E-state index in [4.69, 9.17) is 14.7 Å². The summed E-state index contributed by atoms with van der Waals surface area (Å²) >= 11 is 1.74. The van der Waals surface area contributed by atoms with Crippen molar-refractivity contribution in [1.29, 1.82) is 0 Å². The minimum absolute atomic E-state index is 0.726. The Kier molecular flexibility index (Phi) is 5.41. The van der Waals surface area contributed by atoms with Crippen molar-refractivity contribution in [2.24, 2.45) is 0 Å². The number of aromatic nitrogens is 3. The molecule has 9 heteroatoms. The molecule has 2 aliphatic heterocycles. The molecule has 0 radical (unpaired) electrons. The summed E-state index contributed by atoms with van der Waals surface area (Å²) in [5.41, 5.74) is 2.20. The number of rotatable bonds is 4. The number of nitrogens with one attached hydrogen (secondary N) is 2. The van der Waals surface area contributed by atoms with Crippen molar-refractivity contribution >= 4 is 44.8 Å². The van der Waals surface area contributed by atoms with Gasteiger partial charge < -0.3 is 25.2 Å². The van der Waals surface area contributed by atoms with Crippen LogP contribution in [0, 0.1) is 13.8 Å². The Morgan fingerprint density at radius 1 is 1.07 bits per heavy atom. The van der Waals surface area contributed by atoms with E-state index in [1.54, 1.807) is 11.3 Å². The predicted octanol–water partition coefficient (Wildman–Crippen LogP) is 2.69. The smallest absolute Gasteiger partial charge is 0.228 e. The first-order valence-electron chi connectivity index (χ1n) is 10.5. The van der Waals surface area contributed by atoms with Gasteiger partial charge in [-0.25, -0.2) is 9.97 Å². The van der Waals surface area contributed by atoms with Gasteiger partial charge in [0.1, 0.15) is 10.6 Å². The van der Waals surface area contributed by atoms with Crippen LogP contribution in [0.25, 0.3) is 10.2 Å². The maximum Gasteiger partial charge on any atom is 0.228 e.